The van der Waals surface area contributed by atoms with E-state index in [1.54, 1.807) is 12.1 Å². The number of sulfone groups is 1. The molecule has 0 aliphatic carbocycles. The summed E-state index contributed by atoms with van der Waals surface area (Å²) in [5, 5.41) is 10.5. The normalized spacial score (nSPS) is 13.0. The van der Waals surface area contributed by atoms with Gasteiger partial charge in [-0.25, -0.2) is 8.42 Å². The summed E-state index contributed by atoms with van der Waals surface area (Å²) in [6.45, 7) is 5.59. The Morgan fingerprint density at radius 3 is 2.29 bits per heavy atom. The Labute approximate surface area is 144 Å². The van der Waals surface area contributed by atoms with Gasteiger partial charge in [-0.15, -0.1) is 6.58 Å². The number of hydrogen-bond acceptors (Lipinski definition) is 4. The van der Waals surface area contributed by atoms with Crippen molar-refractivity contribution >= 4 is 9.84 Å². The average Bonchev–Trinajstić information content (AvgIpc) is 2.55. The average molecular weight is 345 g/mol. The number of nitrogens with zero attached hydrogens (tertiary/aromatic N) is 1. The molecule has 0 bridgehead atoms. The fourth-order valence-electron chi connectivity index (χ4n) is 2.51. The Morgan fingerprint density at radius 2 is 1.75 bits per heavy atom. The SMILES string of the molecule is C=CCN(Cc1ccccc1)CC(O)c1ccc(S(C)(=O)=O)cc1. The standard InChI is InChI=1S/C19H23NO3S/c1-3-13-20(14-16-7-5-4-6-8-16)15-19(21)17-9-11-18(12-10-17)24(2,22)23/h3-12,19,21H,1,13-15H2,2H3. The Balaban J connectivity index is 2.07. The van der Waals surface area contributed by atoms with Gasteiger partial charge >= 0.3 is 0 Å². The van der Waals surface area contributed by atoms with Crippen molar-refractivity contribution in [2.45, 2.75) is 17.5 Å². The van der Waals surface area contributed by atoms with Gasteiger partial charge in [0.2, 0.25) is 0 Å². The number of hydrogen-bond donors (Lipinski definition) is 1. The number of rotatable bonds is 8. The molecule has 5 heteroatoms. The molecule has 0 saturated heterocycles. The Bertz CT molecular complexity index is 755. The van der Waals surface area contributed by atoms with Crippen molar-refractivity contribution in [1.29, 1.82) is 0 Å². The van der Waals surface area contributed by atoms with E-state index in [1.165, 1.54) is 24.0 Å². The topological polar surface area (TPSA) is 57.6 Å². The molecular formula is C19H23NO3S. The van der Waals surface area contributed by atoms with Crippen LogP contribution >= 0.6 is 0 Å². The largest absolute Gasteiger partial charge is 0.387 e. The molecule has 1 unspecified atom stereocenters. The lowest BCUT2D eigenvalue weighted by atomic mass is 10.1. The highest BCUT2D eigenvalue weighted by Gasteiger charge is 2.14. The Kier molecular flexibility index (Phi) is 6.31. The van der Waals surface area contributed by atoms with E-state index in [-0.39, 0.29) is 4.90 Å². The molecule has 0 aromatic heterocycles. The zero-order chi connectivity index (χ0) is 17.6. The first-order valence-corrected chi connectivity index (χ1v) is 9.64. The van der Waals surface area contributed by atoms with E-state index in [0.717, 1.165) is 0 Å². The molecule has 0 radical (unpaired) electrons. The van der Waals surface area contributed by atoms with Crippen LogP contribution < -0.4 is 0 Å². The summed E-state index contributed by atoms with van der Waals surface area (Å²) in [6.07, 6.45) is 2.29. The predicted molar refractivity (Wildman–Crippen MR) is 96.4 cm³/mol. The summed E-state index contributed by atoms with van der Waals surface area (Å²) < 4.78 is 23.0. The molecule has 0 fully saturated rings. The van der Waals surface area contributed by atoms with Crippen molar-refractivity contribution in [3.05, 3.63) is 78.4 Å². The van der Waals surface area contributed by atoms with Crippen LogP contribution in [0.25, 0.3) is 0 Å². The van der Waals surface area contributed by atoms with Crippen molar-refractivity contribution in [1.82, 2.24) is 4.90 Å². The molecule has 0 heterocycles. The fraction of sp³-hybridized carbons (Fsp3) is 0.263. The van der Waals surface area contributed by atoms with Crippen LogP contribution in [-0.4, -0.2) is 37.8 Å². The summed E-state index contributed by atoms with van der Waals surface area (Å²) in [6, 6.07) is 16.4. The molecule has 2 rings (SSSR count). The lowest BCUT2D eigenvalue weighted by Gasteiger charge is -2.24. The van der Waals surface area contributed by atoms with Gasteiger partial charge in [-0.2, -0.15) is 0 Å². The van der Waals surface area contributed by atoms with E-state index in [2.05, 4.69) is 11.5 Å². The van der Waals surface area contributed by atoms with E-state index in [0.29, 0.717) is 25.2 Å². The highest BCUT2D eigenvalue weighted by molar-refractivity contribution is 7.90. The van der Waals surface area contributed by atoms with Crippen LogP contribution in [-0.2, 0) is 16.4 Å². The van der Waals surface area contributed by atoms with Crippen molar-refractivity contribution in [3.8, 4) is 0 Å². The summed E-state index contributed by atoms with van der Waals surface area (Å²) in [7, 11) is -3.22. The molecule has 128 valence electrons. The van der Waals surface area contributed by atoms with E-state index < -0.39 is 15.9 Å². The first kappa shape index (κ1) is 18.4. The van der Waals surface area contributed by atoms with Crippen molar-refractivity contribution < 1.29 is 13.5 Å². The summed E-state index contributed by atoms with van der Waals surface area (Å²) >= 11 is 0. The summed E-state index contributed by atoms with van der Waals surface area (Å²) in [5.41, 5.74) is 1.86. The van der Waals surface area contributed by atoms with Gasteiger partial charge in [0, 0.05) is 25.9 Å². The van der Waals surface area contributed by atoms with Crippen LogP contribution in [0.4, 0.5) is 0 Å². The third-order valence-corrected chi connectivity index (χ3v) is 4.89. The molecule has 0 saturated carbocycles. The maximum atomic E-state index is 11.5. The lowest BCUT2D eigenvalue weighted by molar-refractivity contribution is 0.116. The number of benzene rings is 2. The summed E-state index contributed by atoms with van der Waals surface area (Å²) in [5.74, 6) is 0. The highest BCUT2D eigenvalue weighted by Crippen LogP contribution is 2.18. The number of aliphatic hydroxyl groups excluding tert-OH is 1. The molecule has 4 nitrogen and oxygen atoms in total. The molecule has 0 spiro atoms. The van der Waals surface area contributed by atoms with Crippen LogP contribution in [0, 0.1) is 0 Å². The lowest BCUT2D eigenvalue weighted by Crippen LogP contribution is -2.28. The Hall–Kier alpha value is -1.95. The van der Waals surface area contributed by atoms with E-state index in [4.69, 9.17) is 0 Å². The second-order valence-corrected chi connectivity index (χ2v) is 7.84. The zero-order valence-corrected chi connectivity index (χ0v) is 14.6. The smallest absolute Gasteiger partial charge is 0.175 e. The maximum absolute atomic E-state index is 11.5. The molecule has 1 N–H and O–H groups in total. The minimum Gasteiger partial charge on any atom is -0.387 e. The molecule has 0 amide bonds. The van der Waals surface area contributed by atoms with E-state index in [1.807, 2.05) is 36.4 Å². The molecule has 1 atom stereocenters. The van der Waals surface area contributed by atoms with Crippen molar-refractivity contribution in [3.63, 3.8) is 0 Å². The second kappa shape index (κ2) is 8.24. The molecule has 2 aromatic rings. The van der Waals surface area contributed by atoms with Gasteiger partial charge in [-0.1, -0.05) is 48.5 Å². The fourth-order valence-corrected chi connectivity index (χ4v) is 3.15. The highest BCUT2D eigenvalue weighted by atomic mass is 32.2. The second-order valence-electron chi connectivity index (χ2n) is 5.83. The van der Waals surface area contributed by atoms with Crippen molar-refractivity contribution in [2.75, 3.05) is 19.3 Å². The third-order valence-electron chi connectivity index (χ3n) is 3.76. The van der Waals surface area contributed by atoms with Gasteiger partial charge in [0.25, 0.3) is 0 Å². The van der Waals surface area contributed by atoms with Crippen LogP contribution in [0.2, 0.25) is 0 Å². The summed E-state index contributed by atoms with van der Waals surface area (Å²) in [4.78, 5) is 2.35. The van der Waals surface area contributed by atoms with Crippen LogP contribution in [0.1, 0.15) is 17.2 Å². The molecule has 2 aromatic carbocycles. The van der Waals surface area contributed by atoms with Gasteiger partial charge in [-0.3, -0.25) is 4.90 Å². The zero-order valence-electron chi connectivity index (χ0n) is 13.8. The molecule has 0 aliphatic heterocycles. The van der Waals surface area contributed by atoms with Gasteiger partial charge in [0.1, 0.15) is 0 Å². The van der Waals surface area contributed by atoms with Gasteiger partial charge in [0.05, 0.1) is 11.0 Å². The van der Waals surface area contributed by atoms with Crippen LogP contribution in [0.15, 0.2) is 72.1 Å². The maximum Gasteiger partial charge on any atom is 0.175 e. The first-order chi connectivity index (χ1) is 11.4. The Morgan fingerprint density at radius 1 is 1.12 bits per heavy atom. The number of aliphatic hydroxyl groups is 1. The quantitative estimate of drug-likeness (QED) is 0.748. The van der Waals surface area contributed by atoms with Crippen LogP contribution in [0.5, 0.6) is 0 Å². The monoisotopic (exact) mass is 345 g/mol. The predicted octanol–water partition coefficient (Wildman–Crippen LogP) is 2.81. The third kappa shape index (κ3) is 5.30. The van der Waals surface area contributed by atoms with Crippen molar-refractivity contribution in [2.24, 2.45) is 0 Å². The van der Waals surface area contributed by atoms with E-state index >= 15 is 0 Å². The van der Waals surface area contributed by atoms with Gasteiger partial charge in [0.15, 0.2) is 9.84 Å². The van der Waals surface area contributed by atoms with Gasteiger partial charge < -0.3 is 5.11 Å². The minimum absolute atomic E-state index is 0.255. The molecule has 24 heavy (non-hydrogen) atoms. The van der Waals surface area contributed by atoms with E-state index in [9.17, 15) is 13.5 Å². The minimum atomic E-state index is -3.22. The molecule has 0 aliphatic rings. The van der Waals surface area contributed by atoms with Gasteiger partial charge in [-0.05, 0) is 23.3 Å². The van der Waals surface area contributed by atoms with Crippen LogP contribution in [0.3, 0.4) is 0 Å². The molecular weight excluding hydrogens is 322 g/mol. The first-order valence-electron chi connectivity index (χ1n) is 7.75.